The van der Waals surface area contributed by atoms with Gasteiger partial charge >= 0.3 is 10.4 Å². The normalized spacial score (nSPS) is 16.6. The van der Waals surface area contributed by atoms with E-state index in [2.05, 4.69) is 13.7 Å². The van der Waals surface area contributed by atoms with Gasteiger partial charge in [0.2, 0.25) is 5.75 Å². The van der Waals surface area contributed by atoms with Gasteiger partial charge in [0.15, 0.2) is 5.75 Å². The van der Waals surface area contributed by atoms with Crippen molar-refractivity contribution in [2.45, 2.75) is 0 Å². The van der Waals surface area contributed by atoms with Crippen LogP contribution in [0.15, 0.2) is 12.1 Å². The van der Waals surface area contributed by atoms with Gasteiger partial charge in [-0.3, -0.25) is 0 Å². The molecule has 1 aliphatic rings. The number of hydrogen-bond donors (Lipinski definition) is 2. The summed E-state index contributed by atoms with van der Waals surface area (Å²) in [4.78, 5) is 0. The average Bonchev–Trinajstić information content (AvgIpc) is 2.39. The molecular formula is C7H7NO5S. The van der Waals surface area contributed by atoms with Crippen molar-refractivity contribution in [3.8, 4) is 17.2 Å². The Hall–Kier alpha value is -1.63. The van der Waals surface area contributed by atoms with Crippen molar-refractivity contribution >= 4 is 16.1 Å². The van der Waals surface area contributed by atoms with Crippen molar-refractivity contribution in [3.05, 3.63) is 12.1 Å². The second-order valence-corrected chi connectivity index (χ2v) is 3.76. The Kier molecular flexibility index (Phi) is 1.71. The summed E-state index contributed by atoms with van der Waals surface area (Å²) in [5, 5.41) is 12.0. The number of phenols is 1. The first-order valence-corrected chi connectivity index (χ1v) is 5.04. The molecular weight excluding hydrogens is 210 g/mol. The van der Waals surface area contributed by atoms with Crippen LogP contribution in [0, 0.1) is 0 Å². The largest absolute Gasteiger partial charge is 0.506 e. The van der Waals surface area contributed by atoms with Crippen LogP contribution in [0.25, 0.3) is 0 Å². The number of benzene rings is 1. The lowest BCUT2D eigenvalue weighted by Gasteiger charge is -2.04. The zero-order valence-corrected chi connectivity index (χ0v) is 7.96. The van der Waals surface area contributed by atoms with E-state index >= 15 is 0 Å². The van der Waals surface area contributed by atoms with E-state index in [1.54, 1.807) is 0 Å². The third kappa shape index (κ3) is 1.22. The first kappa shape index (κ1) is 8.95. The smallest absolute Gasteiger partial charge is 0.501 e. The molecule has 0 aromatic heterocycles. The first-order valence-electron chi connectivity index (χ1n) is 3.71. The van der Waals surface area contributed by atoms with Gasteiger partial charge in [-0.25, -0.2) is 0 Å². The van der Waals surface area contributed by atoms with Crippen LogP contribution in [0.2, 0.25) is 0 Å². The molecule has 1 aliphatic heterocycles. The Bertz CT molecular complexity index is 481. The second-order valence-electron chi connectivity index (χ2n) is 2.61. The van der Waals surface area contributed by atoms with Crippen LogP contribution in [0.1, 0.15) is 0 Å². The number of aromatic hydroxyl groups is 1. The lowest BCUT2D eigenvalue weighted by molar-refractivity contribution is 0.436. The van der Waals surface area contributed by atoms with E-state index in [0.29, 0.717) is 0 Å². The van der Waals surface area contributed by atoms with E-state index in [0.717, 1.165) is 0 Å². The Morgan fingerprint density at radius 3 is 2.71 bits per heavy atom. The second kappa shape index (κ2) is 2.68. The van der Waals surface area contributed by atoms with Crippen LogP contribution in [-0.2, 0) is 10.4 Å². The summed E-state index contributed by atoms with van der Waals surface area (Å²) >= 11 is 0. The van der Waals surface area contributed by atoms with Gasteiger partial charge in [-0.1, -0.05) is 0 Å². The maximum atomic E-state index is 10.9. The van der Waals surface area contributed by atoms with Crippen LogP contribution < -0.4 is 13.7 Å². The van der Waals surface area contributed by atoms with Crippen LogP contribution in [-0.4, -0.2) is 20.6 Å². The van der Waals surface area contributed by atoms with E-state index in [9.17, 15) is 13.5 Å². The van der Waals surface area contributed by atoms with Gasteiger partial charge in [0.25, 0.3) is 0 Å². The molecule has 1 heterocycles. The highest BCUT2D eigenvalue weighted by molar-refractivity contribution is 7.82. The Balaban J connectivity index is 2.63. The first-order chi connectivity index (χ1) is 6.53. The fourth-order valence-corrected chi connectivity index (χ4v) is 1.93. The molecule has 0 radical (unpaired) electrons. The average molecular weight is 217 g/mol. The minimum atomic E-state index is -4.01. The molecule has 0 fully saturated rings. The highest BCUT2D eigenvalue weighted by Gasteiger charge is 2.32. The molecule has 2 rings (SSSR count). The zero-order chi connectivity index (χ0) is 10.3. The molecule has 0 atom stereocenters. The third-order valence-corrected chi connectivity index (χ3v) is 2.48. The minimum absolute atomic E-state index is 0.0208. The molecule has 0 bridgehead atoms. The van der Waals surface area contributed by atoms with Crippen LogP contribution in [0.4, 0.5) is 5.69 Å². The number of hydrogen-bond acceptors (Lipinski definition) is 6. The number of nitrogens with one attached hydrogen (secondary N) is 1. The Morgan fingerprint density at radius 2 is 2.07 bits per heavy atom. The fourth-order valence-electron chi connectivity index (χ4n) is 1.17. The van der Waals surface area contributed by atoms with Crippen molar-refractivity contribution in [1.82, 2.24) is 0 Å². The number of rotatable bonds is 1. The van der Waals surface area contributed by atoms with Crippen LogP contribution >= 0.6 is 0 Å². The molecule has 76 valence electrons. The number of phenolic OH excluding ortho intramolecular Hbond substituents is 1. The summed E-state index contributed by atoms with van der Waals surface area (Å²) in [6.07, 6.45) is 0. The van der Waals surface area contributed by atoms with Gasteiger partial charge in [-0.2, -0.15) is 0 Å². The zero-order valence-electron chi connectivity index (χ0n) is 7.14. The van der Waals surface area contributed by atoms with E-state index in [4.69, 9.17) is 0 Å². The van der Waals surface area contributed by atoms with E-state index in [1.807, 2.05) is 0 Å². The van der Waals surface area contributed by atoms with E-state index < -0.39 is 10.4 Å². The van der Waals surface area contributed by atoms with Crippen molar-refractivity contribution in [2.75, 3.05) is 12.4 Å². The SMILES string of the molecule is CNc1c(O)ccc2c1OS(=O)(=O)O2. The standard InChI is InChI=1S/C7H7NO5S/c1-8-6-4(9)2-3-5-7(6)13-14(10,11)12-5/h2-3,8-9H,1H3. The van der Waals surface area contributed by atoms with Crippen molar-refractivity contribution in [1.29, 1.82) is 0 Å². The molecule has 14 heavy (non-hydrogen) atoms. The molecule has 0 saturated carbocycles. The molecule has 1 aromatic carbocycles. The highest BCUT2D eigenvalue weighted by Crippen LogP contribution is 2.46. The monoisotopic (exact) mass is 217 g/mol. The van der Waals surface area contributed by atoms with Crippen molar-refractivity contribution < 1.29 is 21.9 Å². The van der Waals surface area contributed by atoms with E-state index in [-0.39, 0.29) is 22.9 Å². The molecule has 2 N–H and O–H groups in total. The molecule has 0 saturated heterocycles. The Morgan fingerprint density at radius 1 is 1.36 bits per heavy atom. The molecule has 0 unspecified atom stereocenters. The predicted molar refractivity (Wildman–Crippen MR) is 47.8 cm³/mol. The fraction of sp³-hybridized carbons (Fsp3) is 0.143. The molecule has 6 nitrogen and oxygen atoms in total. The van der Waals surface area contributed by atoms with Gasteiger partial charge in [0.1, 0.15) is 11.4 Å². The van der Waals surface area contributed by atoms with E-state index in [1.165, 1.54) is 19.2 Å². The summed E-state index contributed by atoms with van der Waals surface area (Å²) in [6, 6.07) is 2.63. The lowest BCUT2D eigenvalue weighted by atomic mass is 10.2. The van der Waals surface area contributed by atoms with Crippen molar-refractivity contribution in [3.63, 3.8) is 0 Å². The third-order valence-electron chi connectivity index (χ3n) is 1.73. The summed E-state index contributed by atoms with van der Waals surface area (Å²) in [5.41, 5.74) is 0.184. The van der Waals surface area contributed by atoms with Gasteiger partial charge in [-0.15, -0.1) is 8.42 Å². The summed E-state index contributed by atoms with van der Waals surface area (Å²) in [5.74, 6) is -0.0633. The minimum Gasteiger partial charge on any atom is -0.506 e. The summed E-state index contributed by atoms with van der Waals surface area (Å²) < 4.78 is 30.8. The quantitative estimate of drug-likeness (QED) is 0.664. The molecule has 0 spiro atoms. The van der Waals surface area contributed by atoms with Gasteiger partial charge in [0.05, 0.1) is 0 Å². The molecule has 0 amide bonds. The topological polar surface area (TPSA) is 84.9 Å². The van der Waals surface area contributed by atoms with Gasteiger partial charge in [-0.05, 0) is 12.1 Å². The lowest BCUT2D eigenvalue weighted by Crippen LogP contribution is -2.08. The maximum absolute atomic E-state index is 10.9. The van der Waals surface area contributed by atoms with Gasteiger partial charge < -0.3 is 18.8 Å². The summed E-state index contributed by atoms with van der Waals surface area (Å²) in [7, 11) is -2.47. The number of anilines is 1. The highest BCUT2D eigenvalue weighted by atomic mass is 32.3. The van der Waals surface area contributed by atoms with Crippen LogP contribution in [0.3, 0.4) is 0 Å². The van der Waals surface area contributed by atoms with Gasteiger partial charge in [0, 0.05) is 7.05 Å². The summed E-state index contributed by atoms with van der Waals surface area (Å²) in [6.45, 7) is 0. The maximum Gasteiger partial charge on any atom is 0.501 e. The molecule has 1 aromatic rings. The molecule has 0 aliphatic carbocycles. The van der Waals surface area contributed by atoms with Crippen LogP contribution in [0.5, 0.6) is 17.2 Å². The Labute approximate surface area is 80.4 Å². The number of fused-ring (bicyclic) bond motifs is 1. The van der Waals surface area contributed by atoms with Crippen molar-refractivity contribution in [2.24, 2.45) is 0 Å². The predicted octanol–water partition coefficient (Wildman–Crippen LogP) is 0.450. The molecule has 7 heteroatoms.